The summed E-state index contributed by atoms with van der Waals surface area (Å²) >= 11 is 0. The van der Waals surface area contributed by atoms with Crippen LogP contribution in [-0.2, 0) is 13.1 Å². The van der Waals surface area contributed by atoms with Crippen LogP contribution in [0, 0.1) is 5.82 Å². The van der Waals surface area contributed by atoms with Gasteiger partial charge in [0.15, 0.2) is 0 Å². The predicted molar refractivity (Wildman–Crippen MR) is 79.2 cm³/mol. The van der Waals surface area contributed by atoms with Crippen LogP contribution in [0.25, 0.3) is 0 Å². The fraction of sp³-hybridized carbons (Fsp3) is 0.375. The maximum Gasteiger partial charge on any atom is 0.146 e. The lowest BCUT2D eigenvalue weighted by Gasteiger charge is -2.22. The number of nitrogens with zero attached hydrogens (tertiary/aromatic N) is 1. The van der Waals surface area contributed by atoms with E-state index in [0.29, 0.717) is 12.2 Å². The first kappa shape index (κ1) is 14.6. The number of hydrogen-bond acceptors (Lipinski definition) is 3. The maximum absolute atomic E-state index is 13.8. The monoisotopic (exact) mass is 276 g/mol. The van der Waals surface area contributed by atoms with Crippen molar-refractivity contribution in [1.29, 1.82) is 0 Å². The molecule has 0 spiro atoms. The van der Waals surface area contributed by atoms with Crippen molar-refractivity contribution in [2.45, 2.75) is 26.9 Å². The maximum atomic E-state index is 13.8. The molecule has 4 heteroatoms. The zero-order valence-corrected chi connectivity index (χ0v) is 12.0. The number of nitrogens with one attached hydrogen (secondary N) is 1. The number of anilines is 1. The van der Waals surface area contributed by atoms with Crippen molar-refractivity contribution in [3.05, 3.63) is 53.7 Å². The first-order valence-electron chi connectivity index (χ1n) is 7.02. The Morgan fingerprint density at radius 2 is 1.85 bits per heavy atom. The molecule has 0 saturated heterocycles. The molecule has 2 rings (SSSR count). The van der Waals surface area contributed by atoms with Crippen molar-refractivity contribution in [3.63, 3.8) is 0 Å². The number of rotatable bonds is 7. The Kier molecular flexibility index (Phi) is 5.18. The first-order valence-corrected chi connectivity index (χ1v) is 7.02. The standard InChI is InChI=1S/C16H21FN2O/c1-3-18-11-13-9-10-14(20-13)12-19(4-2)16-8-6-5-7-15(16)17/h5-10,18H,3-4,11-12H2,1-2H3. The van der Waals surface area contributed by atoms with Crippen LogP contribution in [0.3, 0.4) is 0 Å². The van der Waals surface area contributed by atoms with Crippen LogP contribution in [0.1, 0.15) is 25.4 Å². The molecule has 3 nitrogen and oxygen atoms in total. The van der Waals surface area contributed by atoms with Crippen LogP contribution in [0.15, 0.2) is 40.8 Å². The van der Waals surface area contributed by atoms with E-state index in [9.17, 15) is 4.39 Å². The summed E-state index contributed by atoms with van der Waals surface area (Å²) in [5, 5.41) is 3.22. The minimum Gasteiger partial charge on any atom is -0.463 e. The zero-order chi connectivity index (χ0) is 14.4. The van der Waals surface area contributed by atoms with E-state index < -0.39 is 0 Å². The molecule has 0 aliphatic carbocycles. The fourth-order valence-corrected chi connectivity index (χ4v) is 2.11. The van der Waals surface area contributed by atoms with Crippen LogP contribution in [0.4, 0.5) is 10.1 Å². The predicted octanol–water partition coefficient (Wildman–Crippen LogP) is 3.55. The molecule has 20 heavy (non-hydrogen) atoms. The molecule has 0 atom stereocenters. The fourth-order valence-electron chi connectivity index (χ4n) is 2.11. The second-order valence-corrected chi connectivity index (χ2v) is 4.61. The number of benzene rings is 1. The second-order valence-electron chi connectivity index (χ2n) is 4.61. The van der Waals surface area contributed by atoms with Gasteiger partial charge in [0.25, 0.3) is 0 Å². The summed E-state index contributed by atoms with van der Waals surface area (Å²) in [6, 6.07) is 10.7. The molecular weight excluding hydrogens is 255 g/mol. The Hall–Kier alpha value is -1.81. The molecule has 0 amide bonds. The lowest BCUT2D eigenvalue weighted by Crippen LogP contribution is -2.22. The van der Waals surface area contributed by atoms with Gasteiger partial charge >= 0.3 is 0 Å². The highest BCUT2D eigenvalue weighted by molar-refractivity contribution is 5.47. The highest BCUT2D eigenvalue weighted by Crippen LogP contribution is 2.21. The molecule has 0 radical (unpaired) electrons. The Labute approximate surface area is 119 Å². The number of hydrogen-bond donors (Lipinski definition) is 1. The van der Waals surface area contributed by atoms with Crippen molar-refractivity contribution in [1.82, 2.24) is 5.32 Å². The molecule has 0 aliphatic rings. The molecule has 1 aromatic heterocycles. The van der Waals surface area contributed by atoms with E-state index in [-0.39, 0.29) is 5.82 Å². The topological polar surface area (TPSA) is 28.4 Å². The van der Waals surface area contributed by atoms with Gasteiger partial charge in [-0.15, -0.1) is 0 Å². The van der Waals surface area contributed by atoms with E-state index in [1.165, 1.54) is 6.07 Å². The summed E-state index contributed by atoms with van der Waals surface area (Å²) in [7, 11) is 0. The molecule has 0 aliphatic heterocycles. The van der Waals surface area contributed by atoms with Crippen molar-refractivity contribution >= 4 is 5.69 Å². The van der Waals surface area contributed by atoms with Gasteiger partial charge in [-0.1, -0.05) is 19.1 Å². The second kappa shape index (κ2) is 7.10. The molecule has 0 fully saturated rings. The highest BCUT2D eigenvalue weighted by atomic mass is 19.1. The van der Waals surface area contributed by atoms with E-state index in [0.717, 1.165) is 31.2 Å². The van der Waals surface area contributed by atoms with E-state index >= 15 is 0 Å². The summed E-state index contributed by atoms with van der Waals surface area (Å²) in [4.78, 5) is 1.96. The van der Waals surface area contributed by atoms with Gasteiger partial charge in [-0.05, 0) is 37.7 Å². The summed E-state index contributed by atoms with van der Waals surface area (Å²) < 4.78 is 19.6. The van der Waals surface area contributed by atoms with Crippen LogP contribution in [-0.4, -0.2) is 13.1 Å². The van der Waals surface area contributed by atoms with Crippen molar-refractivity contribution < 1.29 is 8.81 Å². The molecule has 0 bridgehead atoms. The van der Waals surface area contributed by atoms with Crippen LogP contribution < -0.4 is 10.2 Å². The van der Waals surface area contributed by atoms with Gasteiger partial charge in [-0.3, -0.25) is 0 Å². The van der Waals surface area contributed by atoms with Gasteiger partial charge in [0.05, 0.1) is 18.8 Å². The summed E-state index contributed by atoms with van der Waals surface area (Å²) in [5.74, 6) is 1.56. The Bertz CT molecular complexity index is 539. The van der Waals surface area contributed by atoms with Gasteiger partial charge in [-0.2, -0.15) is 0 Å². The third-order valence-electron chi connectivity index (χ3n) is 3.19. The van der Waals surface area contributed by atoms with Gasteiger partial charge in [0.2, 0.25) is 0 Å². The molecule has 2 aromatic rings. The Morgan fingerprint density at radius 3 is 2.55 bits per heavy atom. The van der Waals surface area contributed by atoms with E-state index in [1.807, 2.05) is 30.0 Å². The minimum atomic E-state index is -0.200. The van der Waals surface area contributed by atoms with Crippen LogP contribution in [0.5, 0.6) is 0 Å². The largest absolute Gasteiger partial charge is 0.463 e. The molecule has 0 unspecified atom stereocenters. The molecule has 1 N–H and O–H groups in total. The smallest absolute Gasteiger partial charge is 0.146 e. The minimum absolute atomic E-state index is 0.200. The zero-order valence-electron chi connectivity index (χ0n) is 12.0. The average molecular weight is 276 g/mol. The quantitative estimate of drug-likeness (QED) is 0.838. The Morgan fingerprint density at radius 1 is 1.10 bits per heavy atom. The first-order chi connectivity index (χ1) is 9.74. The number of halogens is 1. The van der Waals surface area contributed by atoms with Crippen molar-refractivity contribution in [2.24, 2.45) is 0 Å². The van der Waals surface area contributed by atoms with Gasteiger partial charge in [0, 0.05) is 6.54 Å². The number of furan rings is 1. The molecule has 1 aromatic carbocycles. The third kappa shape index (κ3) is 3.61. The average Bonchev–Trinajstić information content (AvgIpc) is 2.91. The van der Waals surface area contributed by atoms with E-state index in [2.05, 4.69) is 12.2 Å². The van der Waals surface area contributed by atoms with Gasteiger partial charge in [-0.25, -0.2) is 4.39 Å². The van der Waals surface area contributed by atoms with Gasteiger partial charge in [0.1, 0.15) is 17.3 Å². The summed E-state index contributed by atoms with van der Waals surface area (Å²) in [5.41, 5.74) is 0.611. The normalized spacial score (nSPS) is 10.8. The molecular formula is C16H21FN2O. The number of para-hydroxylation sites is 1. The Balaban J connectivity index is 2.07. The summed E-state index contributed by atoms with van der Waals surface area (Å²) in [6.07, 6.45) is 0. The SMILES string of the molecule is CCNCc1ccc(CN(CC)c2ccccc2F)o1. The third-order valence-corrected chi connectivity index (χ3v) is 3.19. The summed E-state index contributed by atoms with van der Waals surface area (Å²) in [6.45, 7) is 7.00. The van der Waals surface area contributed by atoms with E-state index in [4.69, 9.17) is 4.42 Å². The lowest BCUT2D eigenvalue weighted by molar-refractivity contribution is 0.445. The van der Waals surface area contributed by atoms with Gasteiger partial charge < -0.3 is 14.6 Å². The van der Waals surface area contributed by atoms with Crippen LogP contribution >= 0.6 is 0 Å². The molecule has 1 heterocycles. The van der Waals surface area contributed by atoms with E-state index in [1.54, 1.807) is 12.1 Å². The van der Waals surface area contributed by atoms with Crippen molar-refractivity contribution in [3.8, 4) is 0 Å². The van der Waals surface area contributed by atoms with Crippen LogP contribution in [0.2, 0.25) is 0 Å². The molecule has 108 valence electrons. The highest BCUT2D eigenvalue weighted by Gasteiger charge is 2.12. The van der Waals surface area contributed by atoms with Crippen molar-refractivity contribution in [2.75, 3.05) is 18.0 Å². The molecule has 0 saturated carbocycles. The lowest BCUT2D eigenvalue weighted by atomic mass is 10.2.